The zero-order valence-corrected chi connectivity index (χ0v) is 9.82. The average molecular weight is 262 g/mol. The molecule has 2 heterocycles. The van der Waals surface area contributed by atoms with Gasteiger partial charge in [0.05, 0.1) is 11.9 Å². The number of hydrogen-bond acceptors (Lipinski definition) is 2. The molecule has 90 valence electrons. The maximum Gasteiger partial charge on any atom is 0.339 e. The summed E-state index contributed by atoms with van der Waals surface area (Å²) in [6.07, 6.45) is 3.04. The highest BCUT2D eigenvalue weighted by molar-refractivity contribution is 6.31. The number of carbonyl (C=O) groups is 1. The first-order valence-electron chi connectivity index (χ1n) is 5.20. The molecule has 3 aromatic rings. The van der Waals surface area contributed by atoms with Gasteiger partial charge in [0.2, 0.25) is 0 Å². The van der Waals surface area contributed by atoms with Crippen LogP contribution in [0.2, 0.25) is 5.02 Å². The highest BCUT2D eigenvalue weighted by atomic mass is 35.5. The SMILES string of the molecule is O=C(O)c1cn[nH]c1-c1c[nH]c2cc(Cl)ccc12. The number of aromatic nitrogens is 3. The number of carboxylic acid groups (broad SMARTS) is 1. The molecule has 0 radical (unpaired) electrons. The highest BCUT2D eigenvalue weighted by Crippen LogP contribution is 2.30. The van der Waals surface area contributed by atoms with Crippen LogP contribution in [0.15, 0.2) is 30.6 Å². The lowest BCUT2D eigenvalue weighted by Crippen LogP contribution is -1.96. The van der Waals surface area contributed by atoms with Crippen LogP contribution in [0.1, 0.15) is 10.4 Å². The lowest BCUT2D eigenvalue weighted by molar-refractivity contribution is 0.0698. The molecule has 0 fully saturated rings. The van der Waals surface area contributed by atoms with Crippen molar-refractivity contribution in [3.05, 3.63) is 41.2 Å². The fourth-order valence-corrected chi connectivity index (χ4v) is 2.13. The third kappa shape index (κ3) is 1.56. The molecule has 1 aromatic carbocycles. The van der Waals surface area contributed by atoms with Gasteiger partial charge >= 0.3 is 5.97 Å². The summed E-state index contributed by atoms with van der Waals surface area (Å²) in [5.74, 6) is -1.01. The summed E-state index contributed by atoms with van der Waals surface area (Å²) in [5, 5.41) is 17.1. The third-order valence-corrected chi connectivity index (χ3v) is 3.02. The second-order valence-electron chi connectivity index (χ2n) is 3.86. The smallest absolute Gasteiger partial charge is 0.339 e. The number of aromatic amines is 2. The van der Waals surface area contributed by atoms with Crippen LogP contribution < -0.4 is 0 Å². The molecule has 0 saturated heterocycles. The molecule has 3 N–H and O–H groups in total. The van der Waals surface area contributed by atoms with Crippen LogP contribution in [-0.2, 0) is 0 Å². The standard InChI is InChI=1S/C12H8ClN3O2/c13-6-1-2-7-8(4-14-10(7)3-6)11-9(12(17)18)5-15-16-11/h1-5,14H,(H,15,16)(H,17,18). The first-order chi connectivity index (χ1) is 8.66. The molecule has 0 aliphatic rings. The highest BCUT2D eigenvalue weighted by Gasteiger charge is 2.16. The van der Waals surface area contributed by atoms with Crippen molar-refractivity contribution in [3.63, 3.8) is 0 Å². The van der Waals surface area contributed by atoms with E-state index in [1.165, 1.54) is 6.20 Å². The van der Waals surface area contributed by atoms with E-state index in [9.17, 15) is 4.79 Å². The van der Waals surface area contributed by atoms with Gasteiger partial charge in [0, 0.05) is 27.7 Å². The fourth-order valence-electron chi connectivity index (χ4n) is 1.96. The van der Waals surface area contributed by atoms with Crippen LogP contribution in [0.25, 0.3) is 22.2 Å². The van der Waals surface area contributed by atoms with Gasteiger partial charge in [-0.05, 0) is 12.1 Å². The molecule has 0 bridgehead atoms. The Balaban J connectivity index is 2.26. The number of fused-ring (bicyclic) bond motifs is 1. The first kappa shape index (κ1) is 10.9. The van der Waals surface area contributed by atoms with Crippen molar-refractivity contribution in [1.82, 2.24) is 15.2 Å². The molecule has 0 spiro atoms. The van der Waals surface area contributed by atoms with Gasteiger partial charge in [-0.25, -0.2) is 4.79 Å². The number of aromatic carboxylic acids is 1. The molecule has 6 heteroatoms. The topological polar surface area (TPSA) is 81.8 Å². The summed E-state index contributed by atoms with van der Waals surface area (Å²) >= 11 is 5.90. The number of rotatable bonds is 2. The molecule has 18 heavy (non-hydrogen) atoms. The molecule has 0 amide bonds. The van der Waals surface area contributed by atoms with E-state index in [1.54, 1.807) is 18.3 Å². The van der Waals surface area contributed by atoms with Gasteiger partial charge in [0.25, 0.3) is 0 Å². The van der Waals surface area contributed by atoms with Crippen molar-refractivity contribution in [1.29, 1.82) is 0 Å². The first-order valence-corrected chi connectivity index (χ1v) is 5.58. The fraction of sp³-hybridized carbons (Fsp3) is 0. The van der Waals surface area contributed by atoms with Crippen molar-refractivity contribution >= 4 is 28.5 Å². The Kier molecular flexibility index (Phi) is 2.34. The zero-order valence-electron chi connectivity index (χ0n) is 9.07. The van der Waals surface area contributed by atoms with E-state index in [1.807, 2.05) is 6.07 Å². The summed E-state index contributed by atoms with van der Waals surface area (Å²) in [5.41, 5.74) is 2.24. The number of hydrogen-bond donors (Lipinski definition) is 3. The van der Waals surface area contributed by atoms with Gasteiger partial charge in [-0.15, -0.1) is 0 Å². The van der Waals surface area contributed by atoms with Crippen molar-refractivity contribution < 1.29 is 9.90 Å². The number of carboxylic acids is 1. The molecule has 0 unspecified atom stereocenters. The summed E-state index contributed by atoms with van der Waals surface area (Å²) < 4.78 is 0. The Bertz CT molecular complexity index is 745. The van der Waals surface area contributed by atoms with Crippen LogP contribution in [0.5, 0.6) is 0 Å². The minimum absolute atomic E-state index is 0.144. The van der Waals surface area contributed by atoms with E-state index in [2.05, 4.69) is 15.2 Å². The second-order valence-corrected chi connectivity index (χ2v) is 4.29. The lowest BCUT2D eigenvalue weighted by Gasteiger charge is -1.98. The number of nitrogens with one attached hydrogen (secondary N) is 2. The predicted molar refractivity (Wildman–Crippen MR) is 67.8 cm³/mol. The minimum atomic E-state index is -1.01. The molecular weight excluding hydrogens is 254 g/mol. The average Bonchev–Trinajstić information content (AvgIpc) is 2.92. The lowest BCUT2D eigenvalue weighted by atomic mass is 10.1. The van der Waals surface area contributed by atoms with Gasteiger partial charge < -0.3 is 10.1 Å². The van der Waals surface area contributed by atoms with Gasteiger partial charge in [-0.3, -0.25) is 5.10 Å². The predicted octanol–water partition coefficient (Wildman–Crippen LogP) is 2.91. The number of benzene rings is 1. The van der Waals surface area contributed by atoms with Crippen LogP contribution in [0.3, 0.4) is 0 Å². The Morgan fingerprint density at radius 2 is 2.22 bits per heavy atom. The third-order valence-electron chi connectivity index (χ3n) is 2.78. The van der Waals surface area contributed by atoms with E-state index in [4.69, 9.17) is 16.7 Å². The summed E-state index contributed by atoms with van der Waals surface area (Å²) in [6, 6.07) is 5.39. The number of H-pyrrole nitrogens is 2. The maximum absolute atomic E-state index is 11.1. The van der Waals surface area contributed by atoms with Crippen molar-refractivity contribution in [2.24, 2.45) is 0 Å². The second kappa shape index (κ2) is 3.89. The van der Waals surface area contributed by atoms with E-state index in [0.29, 0.717) is 10.7 Å². The van der Waals surface area contributed by atoms with Crippen LogP contribution in [-0.4, -0.2) is 26.3 Å². The molecule has 0 aliphatic carbocycles. The summed E-state index contributed by atoms with van der Waals surface area (Å²) in [4.78, 5) is 14.1. The van der Waals surface area contributed by atoms with Crippen molar-refractivity contribution in [3.8, 4) is 11.3 Å². The van der Waals surface area contributed by atoms with Crippen LogP contribution in [0.4, 0.5) is 0 Å². The van der Waals surface area contributed by atoms with Crippen LogP contribution in [0, 0.1) is 0 Å². The quantitative estimate of drug-likeness (QED) is 0.663. The van der Waals surface area contributed by atoms with E-state index in [-0.39, 0.29) is 5.56 Å². The van der Waals surface area contributed by atoms with Gasteiger partial charge in [-0.1, -0.05) is 17.7 Å². The normalized spacial score (nSPS) is 10.9. The Labute approximate surface area is 106 Å². The molecule has 0 aliphatic heterocycles. The van der Waals surface area contributed by atoms with Crippen molar-refractivity contribution in [2.45, 2.75) is 0 Å². The zero-order chi connectivity index (χ0) is 12.7. The number of halogens is 1. The molecule has 0 atom stereocenters. The maximum atomic E-state index is 11.1. The molecular formula is C12H8ClN3O2. The molecule has 3 rings (SSSR count). The van der Waals surface area contributed by atoms with E-state index in [0.717, 1.165) is 16.5 Å². The monoisotopic (exact) mass is 261 g/mol. The molecule has 2 aromatic heterocycles. The largest absolute Gasteiger partial charge is 0.478 e. The van der Waals surface area contributed by atoms with Crippen LogP contribution >= 0.6 is 11.6 Å². The Hall–Kier alpha value is -2.27. The summed E-state index contributed by atoms with van der Waals surface area (Å²) in [6.45, 7) is 0. The van der Waals surface area contributed by atoms with Gasteiger partial charge in [0.15, 0.2) is 0 Å². The minimum Gasteiger partial charge on any atom is -0.478 e. The Morgan fingerprint density at radius 1 is 1.39 bits per heavy atom. The van der Waals surface area contributed by atoms with Crippen molar-refractivity contribution in [2.75, 3.05) is 0 Å². The molecule has 0 saturated carbocycles. The Morgan fingerprint density at radius 3 is 3.00 bits per heavy atom. The number of nitrogens with zero attached hydrogens (tertiary/aromatic N) is 1. The van der Waals surface area contributed by atoms with Gasteiger partial charge in [-0.2, -0.15) is 5.10 Å². The van der Waals surface area contributed by atoms with E-state index >= 15 is 0 Å². The molecule has 5 nitrogen and oxygen atoms in total. The van der Waals surface area contributed by atoms with Gasteiger partial charge in [0.1, 0.15) is 5.56 Å². The summed E-state index contributed by atoms with van der Waals surface area (Å²) in [7, 11) is 0. The van der Waals surface area contributed by atoms with E-state index < -0.39 is 5.97 Å².